The number of para-hydroxylation sites is 1. The van der Waals surface area contributed by atoms with Crippen molar-refractivity contribution in [1.29, 1.82) is 0 Å². The number of fused-ring (bicyclic) bond motifs is 1. The van der Waals surface area contributed by atoms with Gasteiger partial charge in [-0.05, 0) is 56.7 Å². The predicted molar refractivity (Wildman–Crippen MR) is 87.8 cm³/mol. The fourth-order valence-electron chi connectivity index (χ4n) is 4.40. The summed E-state index contributed by atoms with van der Waals surface area (Å²) in [5, 5.41) is 3.41. The third kappa shape index (κ3) is 3.26. The molecule has 2 aliphatic rings. The van der Waals surface area contributed by atoms with E-state index in [0.29, 0.717) is 5.92 Å². The van der Waals surface area contributed by atoms with Gasteiger partial charge in [0, 0.05) is 11.5 Å². The van der Waals surface area contributed by atoms with Crippen molar-refractivity contribution < 1.29 is 4.74 Å². The van der Waals surface area contributed by atoms with Gasteiger partial charge in [0.2, 0.25) is 0 Å². The first-order valence-corrected chi connectivity index (χ1v) is 8.68. The average Bonchev–Trinajstić information content (AvgIpc) is 2.92. The molecular weight excluding hydrogens is 258 g/mol. The topological polar surface area (TPSA) is 21.3 Å². The number of hydrogen-bond donors (Lipinski definition) is 1. The highest BCUT2D eigenvalue weighted by Gasteiger charge is 2.34. The van der Waals surface area contributed by atoms with Crippen LogP contribution in [0.5, 0.6) is 5.75 Å². The van der Waals surface area contributed by atoms with Gasteiger partial charge in [-0.3, -0.25) is 0 Å². The first kappa shape index (κ1) is 14.9. The molecule has 1 aromatic carbocycles. The predicted octanol–water partition coefficient (Wildman–Crippen LogP) is 4.21. The molecule has 1 N–H and O–H groups in total. The van der Waals surface area contributed by atoms with E-state index < -0.39 is 0 Å². The summed E-state index contributed by atoms with van der Waals surface area (Å²) in [4.78, 5) is 0. The highest BCUT2D eigenvalue weighted by Crippen LogP contribution is 2.44. The second kappa shape index (κ2) is 6.83. The van der Waals surface area contributed by atoms with Crippen molar-refractivity contribution in [3.63, 3.8) is 0 Å². The molecule has 1 aromatic rings. The Bertz CT molecular complexity index is 459. The van der Waals surface area contributed by atoms with Gasteiger partial charge in [-0.15, -0.1) is 0 Å². The van der Waals surface area contributed by atoms with Crippen LogP contribution in [0.3, 0.4) is 0 Å². The van der Waals surface area contributed by atoms with Crippen molar-refractivity contribution in [2.75, 3.05) is 20.2 Å². The lowest BCUT2D eigenvalue weighted by molar-refractivity contribution is 0.152. The quantitative estimate of drug-likeness (QED) is 0.875. The third-order valence-electron chi connectivity index (χ3n) is 5.68. The molecule has 21 heavy (non-hydrogen) atoms. The molecule has 0 saturated heterocycles. The minimum Gasteiger partial charge on any atom is -0.493 e. The molecule has 1 aliphatic carbocycles. The van der Waals surface area contributed by atoms with Gasteiger partial charge in [0.25, 0.3) is 0 Å². The van der Waals surface area contributed by atoms with Crippen LogP contribution >= 0.6 is 0 Å². The van der Waals surface area contributed by atoms with Gasteiger partial charge >= 0.3 is 0 Å². The van der Waals surface area contributed by atoms with Crippen LogP contribution in [0.4, 0.5) is 0 Å². The molecule has 0 amide bonds. The van der Waals surface area contributed by atoms with E-state index in [1.54, 1.807) is 0 Å². The van der Waals surface area contributed by atoms with Crippen molar-refractivity contribution >= 4 is 0 Å². The second-order valence-corrected chi connectivity index (χ2v) is 6.95. The Balaban J connectivity index is 1.69. The summed E-state index contributed by atoms with van der Waals surface area (Å²) in [5.74, 6) is 4.39. The molecule has 4 unspecified atom stereocenters. The van der Waals surface area contributed by atoms with Crippen LogP contribution in [0.15, 0.2) is 24.3 Å². The van der Waals surface area contributed by atoms with Gasteiger partial charge in [0.1, 0.15) is 5.75 Å². The number of hydrogen-bond acceptors (Lipinski definition) is 2. The molecular formula is C19H29NO. The Kier molecular flexibility index (Phi) is 4.84. The lowest BCUT2D eigenvalue weighted by Gasteiger charge is -2.37. The maximum atomic E-state index is 5.89. The Morgan fingerprint density at radius 1 is 1.19 bits per heavy atom. The summed E-state index contributed by atoms with van der Waals surface area (Å²) >= 11 is 0. The van der Waals surface area contributed by atoms with Gasteiger partial charge in [-0.2, -0.15) is 0 Å². The molecule has 4 atom stereocenters. The van der Waals surface area contributed by atoms with E-state index in [4.69, 9.17) is 4.74 Å². The second-order valence-electron chi connectivity index (χ2n) is 6.95. The number of nitrogens with one attached hydrogen (secondary N) is 1. The Labute approximate surface area is 129 Å². The maximum absolute atomic E-state index is 5.89. The minimum atomic E-state index is 0.612. The van der Waals surface area contributed by atoms with Gasteiger partial charge in [0.15, 0.2) is 0 Å². The van der Waals surface area contributed by atoms with Crippen molar-refractivity contribution in [2.45, 2.75) is 44.9 Å². The van der Waals surface area contributed by atoms with Crippen molar-refractivity contribution in [2.24, 2.45) is 17.8 Å². The molecule has 3 rings (SSSR count). The summed E-state index contributed by atoms with van der Waals surface area (Å²) in [6.07, 6.45) is 6.90. The average molecular weight is 287 g/mol. The highest BCUT2D eigenvalue weighted by atomic mass is 16.5. The van der Waals surface area contributed by atoms with E-state index >= 15 is 0 Å². The molecule has 1 fully saturated rings. The summed E-state index contributed by atoms with van der Waals surface area (Å²) in [5.41, 5.74) is 1.44. The number of rotatable bonds is 5. The smallest absolute Gasteiger partial charge is 0.122 e. The fraction of sp³-hybridized carbons (Fsp3) is 0.684. The SMILES string of the molecule is CCC1CCC(CNC)C(CC2COc3ccccc32)C1. The molecule has 116 valence electrons. The van der Waals surface area contributed by atoms with Crippen LogP contribution in [0.1, 0.15) is 50.5 Å². The zero-order valence-corrected chi connectivity index (χ0v) is 13.5. The van der Waals surface area contributed by atoms with Crippen LogP contribution in [0.25, 0.3) is 0 Å². The number of benzene rings is 1. The van der Waals surface area contributed by atoms with Gasteiger partial charge in [-0.1, -0.05) is 38.0 Å². The Morgan fingerprint density at radius 2 is 2.05 bits per heavy atom. The first-order valence-electron chi connectivity index (χ1n) is 8.68. The molecule has 0 radical (unpaired) electrons. The maximum Gasteiger partial charge on any atom is 0.122 e. The van der Waals surface area contributed by atoms with Crippen LogP contribution in [-0.2, 0) is 0 Å². The molecule has 1 aliphatic heterocycles. The standard InChI is InChI=1S/C19H29NO/c1-3-14-8-9-15(12-20-2)16(10-14)11-17-13-21-19-7-5-4-6-18(17)19/h4-7,14-17,20H,3,8-13H2,1-2H3. The van der Waals surface area contributed by atoms with Gasteiger partial charge in [-0.25, -0.2) is 0 Å². The molecule has 2 nitrogen and oxygen atoms in total. The normalized spacial score (nSPS) is 31.7. The van der Waals surface area contributed by atoms with E-state index in [1.807, 2.05) is 0 Å². The van der Waals surface area contributed by atoms with Crippen molar-refractivity contribution in [1.82, 2.24) is 5.32 Å². The van der Waals surface area contributed by atoms with Gasteiger partial charge in [0.05, 0.1) is 6.61 Å². The minimum absolute atomic E-state index is 0.612. The highest BCUT2D eigenvalue weighted by molar-refractivity contribution is 5.39. The summed E-state index contributed by atoms with van der Waals surface area (Å²) in [7, 11) is 2.09. The van der Waals surface area contributed by atoms with Gasteiger partial charge < -0.3 is 10.1 Å². The van der Waals surface area contributed by atoms with E-state index in [-0.39, 0.29) is 0 Å². The monoisotopic (exact) mass is 287 g/mol. The van der Waals surface area contributed by atoms with E-state index in [0.717, 1.165) is 30.1 Å². The summed E-state index contributed by atoms with van der Waals surface area (Å²) in [6, 6.07) is 8.62. The third-order valence-corrected chi connectivity index (χ3v) is 5.68. The van der Waals surface area contributed by atoms with Crippen molar-refractivity contribution in [3.05, 3.63) is 29.8 Å². The Hall–Kier alpha value is -1.02. The summed E-state index contributed by atoms with van der Waals surface area (Å²) < 4.78 is 5.89. The zero-order chi connectivity index (χ0) is 14.7. The molecule has 1 saturated carbocycles. The van der Waals surface area contributed by atoms with Crippen LogP contribution in [-0.4, -0.2) is 20.2 Å². The molecule has 0 bridgehead atoms. The van der Waals surface area contributed by atoms with Crippen LogP contribution < -0.4 is 10.1 Å². The van der Waals surface area contributed by atoms with Crippen LogP contribution in [0, 0.1) is 17.8 Å². The first-order chi connectivity index (χ1) is 10.3. The fourth-order valence-corrected chi connectivity index (χ4v) is 4.40. The molecule has 2 heteroatoms. The van der Waals surface area contributed by atoms with E-state index in [1.165, 1.54) is 44.2 Å². The molecule has 0 spiro atoms. The largest absolute Gasteiger partial charge is 0.493 e. The van der Waals surface area contributed by atoms with E-state index in [2.05, 4.69) is 43.6 Å². The Morgan fingerprint density at radius 3 is 2.86 bits per heavy atom. The summed E-state index contributed by atoms with van der Waals surface area (Å²) in [6.45, 7) is 4.42. The van der Waals surface area contributed by atoms with E-state index in [9.17, 15) is 0 Å². The van der Waals surface area contributed by atoms with Crippen molar-refractivity contribution in [3.8, 4) is 5.75 Å². The lowest BCUT2D eigenvalue weighted by atomic mass is 9.69. The number of ether oxygens (including phenoxy) is 1. The molecule has 1 heterocycles. The zero-order valence-electron chi connectivity index (χ0n) is 13.5. The molecule has 0 aromatic heterocycles. The lowest BCUT2D eigenvalue weighted by Crippen LogP contribution is -2.32. The van der Waals surface area contributed by atoms with Crippen LogP contribution in [0.2, 0.25) is 0 Å².